The van der Waals surface area contributed by atoms with Crippen molar-refractivity contribution in [3.63, 3.8) is 0 Å². The first-order valence-corrected chi connectivity index (χ1v) is 6.28. The predicted octanol–water partition coefficient (Wildman–Crippen LogP) is 0.626. The normalized spacial score (nSPS) is 11.7. The highest BCUT2D eigenvalue weighted by atomic mass is 16.5. The number of methoxy groups -OCH3 is 1. The lowest BCUT2D eigenvalue weighted by atomic mass is 10.1. The fraction of sp³-hybridized carbons (Fsp3) is 0.429. The third kappa shape index (κ3) is 5.52. The van der Waals surface area contributed by atoms with Crippen LogP contribution in [0.5, 0.6) is 0 Å². The van der Waals surface area contributed by atoms with Crippen molar-refractivity contribution in [3.8, 4) is 0 Å². The zero-order valence-corrected chi connectivity index (χ0v) is 11.1. The van der Waals surface area contributed by atoms with Gasteiger partial charge in [0.2, 0.25) is 5.91 Å². The molecule has 5 nitrogen and oxygen atoms in total. The summed E-state index contributed by atoms with van der Waals surface area (Å²) in [5, 5.41) is 2.68. The van der Waals surface area contributed by atoms with E-state index in [1.807, 2.05) is 30.3 Å². The van der Waals surface area contributed by atoms with Crippen molar-refractivity contribution in [1.82, 2.24) is 5.32 Å². The third-order valence-electron chi connectivity index (χ3n) is 2.71. The first-order valence-electron chi connectivity index (χ1n) is 6.28. The maximum Gasteiger partial charge on any atom is 0.328 e. The monoisotopic (exact) mass is 264 g/mol. The Hall–Kier alpha value is -1.88. The van der Waals surface area contributed by atoms with Gasteiger partial charge in [0.25, 0.3) is 0 Å². The number of ether oxygens (including phenoxy) is 1. The van der Waals surface area contributed by atoms with E-state index in [9.17, 15) is 9.59 Å². The number of hydrogen-bond acceptors (Lipinski definition) is 4. The Morgan fingerprint density at radius 3 is 2.58 bits per heavy atom. The minimum Gasteiger partial charge on any atom is -0.467 e. The number of nitrogens with one attached hydrogen (secondary N) is 1. The molecule has 0 fully saturated rings. The molecule has 0 spiro atoms. The summed E-state index contributed by atoms with van der Waals surface area (Å²) in [5.41, 5.74) is 6.31. The van der Waals surface area contributed by atoms with Crippen molar-refractivity contribution in [2.75, 3.05) is 13.7 Å². The van der Waals surface area contributed by atoms with Crippen LogP contribution in [0.4, 0.5) is 0 Å². The molecule has 5 heteroatoms. The zero-order chi connectivity index (χ0) is 14.1. The molecule has 0 aliphatic carbocycles. The van der Waals surface area contributed by atoms with Crippen LogP contribution in [0.1, 0.15) is 18.4 Å². The van der Waals surface area contributed by atoms with Crippen LogP contribution in [-0.4, -0.2) is 31.6 Å². The number of carbonyl (C=O) groups is 2. The van der Waals surface area contributed by atoms with E-state index in [-0.39, 0.29) is 5.91 Å². The summed E-state index contributed by atoms with van der Waals surface area (Å²) in [5.74, 6) is -0.623. The SMILES string of the molecule is COC(=O)[C@H](Cc1ccccc1)NC(=O)CCCN. The molecule has 1 aromatic rings. The second-order valence-electron chi connectivity index (χ2n) is 4.23. The van der Waals surface area contributed by atoms with E-state index < -0.39 is 12.0 Å². The standard InChI is InChI=1S/C14H20N2O3/c1-19-14(18)12(16-13(17)8-5-9-15)10-11-6-3-2-4-7-11/h2-4,6-7,12H,5,8-10,15H2,1H3,(H,16,17)/t12-/m0/s1. The van der Waals surface area contributed by atoms with Crippen LogP contribution in [0.15, 0.2) is 30.3 Å². The average molecular weight is 264 g/mol. The molecule has 1 rings (SSSR count). The zero-order valence-electron chi connectivity index (χ0n) is 11.1. The lowest BCUT2D eigenvalue weighted by Crippen LogP contribution is -2.43. The number of rotatable bonds is 7. The van der Waals surface area contributed by atoms with Gasteiger partial charge in [-0.15, -0.1) is 0 Å². The molecule has 0 saturated heterocycles. The fourth-order valence-electron chi connectivity index (χ4n) is 1.71. The Morgan fingerprint density at radius 1 is 1.32 bits per heavy atom. The van der Waals surface area contributed by atoms with Gasteiger partial charge >= 0.3 is 5.97 Å². The highest BCUT2D eigenvalue weighted by molar-refractivity contribution is 5.84. The van der Waals surface area contributed by atoms with Gasteiger partial charge in [-0.3, -0.25) is 4.79 Å². The van der Waals surface area contributed by atoms with E-state index in [0.717, 1.165) is 5.56 Å². The van der Waals surface area contributed by atoms with Crippen molar-refractivity contribution in [2.45, 2.75) is 25.3 Å². The van der Waals surface area contributed by atoms with Crippen LogP contribution in [0.2, 0.25) is 0 Å². The van der Waals surface area contributed by atoms with Crippen LogP contribution in [0, 0.1) is 0 Å². The topological polar surface area (TPSA) is 81.4 Å². The Balaban J connectivity index is 2.62. The molecule has 0 aromatic heterocycles. The number of amides is 1. The summed E-state index contributed by atoms with van der Waals surface area (Å²) in [4.78, 5) is 23.3. The van der Waals surface area contributed by atoms with Gasteiger partial charge in [0.1, 0.15) is 6.04 Å². The highest BCUT2D eigenvalue weighted by Gasteiger charge is 2.21. The smallest absolute Gasteiger partial charge is 0.328 e. The lowest BCUT2D eigenvalue weighted by molar-refractivity contribution is -0.145. The van der Waals surface area contributed by atoms with E-state index in [4.69, 9.17) is 10.5 Å². The molecule has 0 saturated carbocycles. The molecule has 3 N–H and O–H groups in total. The molecule has 0 aliphatic rings. The Kier molecular flexibility index (Phi) is 6.60. The second-order valence-corrected chi connectivity index (χ2v) is 4.23. The number of nitrogens with two attached hydrogens (primary N) is 1. The molecule has 19 heavy (non-hydrogen) atoms. The maximum absolute atomic E-state index is 11.7. The van der Waals surface area contributed by atoms with Crippen LogP contribution < -0.4 is 11.1 Å². The van der Waals surface area contributed by atoms with Crippen LogP contribution in [-0.2, 0) is 20.7 Å². The summed E-state index contributed by atoms with van der Waals surface area (Å²) in [6.45, 7) is 0.453. The average Bonchev–Trinajstić information content (AvgIpc) is 2.44. The van der Waals surface area contributed by atoms with Crippen molar-refractivity contribution in [1.29, 1.82) is 0 Å². The number of carbonyl (C=O) groups excluding carboxylic acids is 2. The Labute approximate surface area is 113 Å². The van der Waals surface area contributed by atoms with E-state index >= 15 is 0 Å². The van der Waals surface area contributed by atoms with Crippen molar-refractivity contribution < 1.29 is 14.3 Å². The first-order chi connectivity index (χ1) is 9.17. The van der Waals surface area contributed by atoms with Gasteiger partial charge in [-0.05, 0) is 18.5 Å². The number of esters is 1. The molecular formula is C14H20N2O3. The molecular weight excluding hydrogens is 244 g/mol. The lowest BCUT2D eigenvalue weighted by Gasteiger charge is -2.16. The molecule has 1 amide bonds. The minimum absolute atomic E-state index is 0.184. The number of hydrogen-bond donors (Lipinski definition) is 2. The molecule has 1 aromatic carbocycles. The van der Waals surface area contributed by atoms with Crippen molar-refractivity contribution >= 4 is 11.9 Å². The largest absolute Gasteiger partial charge is 0.467 e. The van der Waals surface area contributed by atoms with Crippen LogP contribution in [0.25, 0.3) is 0 Å². The Bertz CT molecular complexity index is 406. The van der Waals surface area contributed by atoms with E-state index in [1.165, 1.54) is 7.11 Å². The molecule has 104 valence electrons. The third-order valence-corrected chi connectivity index (χ3v) is 2.71. The number of benzene rings is 1. The van der Waals surface area contributed by atoms with Gasteiger partial charge in [0, 0.05) is 12.8 Å². The highest BCUT2D eigenvalue weighted by Crippen LogP contribution is 2.05. The fourth-order valence-corrected chi connectivity index (χ4v) is 1.71. The molecule has 0 aliphatic heterocycles. The van der Waals surface area contributed by atoms with Crippen molar-refractivity contribution in [2.24, 2.45) is 5.73 Å². The van der Waals surface area contributed by atoms with Crippen LogP contribution in [0.3, 0.4) is 0 Å². The Morgan fingerprint density at radius 2 is 2.00 bits per heavy atom. The van der Waals surface area contributed by atoms with Gasteiger partial charge in [-0.25, -0.2) is 4.79 Å². The van der Waals surface area contributed by atoms with Crippen molar-refractivity contribution in [3.05, 3.63) is 35.9 Å². The summed E-state index contributed by atoms with van der Waals surface area (Å²) in [7, 11) is 1.31. The summed E-state index contributed by atoms with van der Waals surface area (Å²) < 4.78 is 4.71. The second kappa shape index (κ2) is 8.26. The predicted molar refractivity (Wildman–Crippen MR) is 72.4 cm³/mol. The summed E-state index contributed by atoms with van der Waals surface area (Å²) >= 11 is 0. The summed E-state index contributed by atoms with van der Waals surface area (Å²) in [6, 6.07) is 8.83. The molecule has 0 bridgehead atoms. The van der Waals surface area contributed by atoms with E-state index in [1.54, 1.807) is 0 Å². The van der Waals surface area contributed by atoms with Gasteiger partial charge < -0.3 is 15.8 Å². The molecule has 0 radical (unpaired) electrons. The van der Waals surface area contributed by atoms with Gasteiger partial charge in [-0.2, -0.15) is 0 Å². The minimum atomic E-state index is -0.655. The quantitative estimate of drug-likeness (QED) is 0.708. The van der Waals surface area contributed by atoms with Gasteiger partial charge in [-0.1, -0.05) is 30.3 Å². The maximum atomic E-state index is 11.7. The van der Waals surface area contributed by atoms with Crippen LogP contribution >= 0.6 is 0 Å². The molecule has 0 unspecified atom stereocenters. The molecule has 1 atom stereocenters. The first kappa shape index (κ1) is 15.2. The summed E-state index contributed by atoms with van der Waals surface area (Å²) in [6.07, 6.45) is 1.34. The van der Waals surface area contributed by atoms with Gasteiger partial charge in [0.05, 0.1) is 7.11 Å². The van der Waals surface area contributed by atoms with E-state index in [2.05, 4.69) is 5.32 Å². The molecule has 0 heterocycles. The van der Waals surface area contributed by atoms with E-state index in [0.29, 0.717) is 25.8 Å². The van der Waals surface area contributed by atoms with Gasteiger partial charge in [0.15, 0.2) is 0 Å².